The van der Waals surface area contributed by atoms with Crippen molar-refractivity contribution in [3.63, 3.8) is 0 Å². The molecule has 2 rings (SSSR count). The molecular weight excluding hydrogens is 264 g/mol. The molecule has 0 bridgehead atoms. The van der Waals surface area contributed by atoms with E-state index in [0.717, 1.165) is 12.8 Å². The van der Waals surface area contributed by atoms with Gasteiger partial charge in [0.05, 0.1) is 17.8 Å². The molecule has 0 amide bonds. The summed E-state index contributed by atoms with van der Waals surface area (Å²) >= 11 is 5.98. The molecule has 1 saturated heterocycles. The van der Waals surface area contributed by atoms with Gasteiger partial charge in [0.25, 0.3) is 0 Å². The fraction of sp³-hybridized carbons (Fsp3) is 0.500. The number of ether oxygens (including phenoxy) is 2. The standard InChI is InChI=1S/C14H19ClN2O2/c1-8-5-11(6-9(2)18-8)19-13-7-10(15)3-4-12(13)14(16)17/h3-4,7-9,11H,5-6H2,1-2H3,(H3,16,17). The van der Waals surface area contributed by atoms with Crippen molar-refractivity contribution in [1.29, 1.82) is 5.41 Å². The van der Waals surface area contributed by atoms with Crippen molar-refractivity contribution in [3.05, 3.63) is 28.8 Å². The average Bonchev–Trinajstić information content (AvgIpc) is 2.26. The summed E-state index contributed by atoms with van der Waals surface area (Å²) in [6, 6.07) is 5.13. The van der Waals surface area contributed by atoms with E-state index in [9.17, 15) is 0 Å². The number of nitrogens with one attached hydrogen (secondary N) is 1. The Bertz CT molecular complexity index is 469. The first-order chi connectivity index (χ1) is 8.95. The zero-order chi connectivity index (χ0) is 14.0. The van der Waals surface area contributed by atoms with Crippen LogP contribution in [0.3, 0.4) is 0 Å². The molecule has 4 nitrogen and oxygen atoms in total. The lowest BCUT2D eigenvalue weighted by molar-refractivity contribution is -0.0721. The summed E-state index contributed by atoms with van der Waals surface area (Å²) in [7, 11) is 0. The smallest absolute Gasteiger partial charge is 0.132 e. The second kappa shape index (κ2) is 5.80. The van der Waals surface area contributed by atoms with Gasteiger partial charge in [0, 0.05) is 17.9 Å². The molecule has 5 heteroatoms. The van der Waals surface area contributed by atoms with Gasteiger partial charge in [0.1, 0.15) is 17.7 Å². The minimum absolute atomic E-state index is 0.0141. The molecular formula is C14H19ClN2O2. The van der Waals surface area contributed by atoms with Gasteiger partial charge in [0.15, 0.2) is 0 Å². The van der Waals surface area contributed by atoms with E-state index in [1.165, 1.54) is 0 Å². The minimum Gasteiger partial charge on any atom is -0.489 e. The van der Waals surface area contributed by atoms with Crippen molar-refractivity contribution in [3.8, 4) is 5.75 Å². The Morgan fingerprint density at radius 3 is 2.58 bits per heavy atom. The number of amidine groups is 1. The van der Waals surface area contributed by atoms with E-state index in [1.807, 2.05) is 13.8 Å². The lowest BCUT2D eigenvalue weighted by Crippen LogP contribution is -2.36. The lowest BCUT2D eigenvalue weighted by atomic mass is 10.0. The number of hydrogen-bond acceptors (Lipinski definition) is 3. The Kier molecular flexibility index (Phi) is 4.32. The highest BCUT2D eigenvalue weighted by molar-refractivity contribution is 6.30. The molecule has 19 heavy (non-hydrogen) atoms. The molecule has 104 valence electrons. The second-order valence-electron chi connectivity index (χ2n) is 5.02. The van der Waals surface area contributed by atoms with Crippen LogP contribution in [0.4, 0.5) is 0 Å². The number of hydrogen-bond donors (Lipinski definition) is 2. The van der Waals surface area contributed by atoms with Crippen LogP contribution in [0.15, 0.2) is 18.2 Å². The number of halogens is 1. The molecule has 0 spiro atoms. The SMILES string of the molecule is CC1CC(Oc2cc(Cl)ccc2C(=N)N)CC(C)O1. The fourth-order valence-electron chi connectivity index (χ4n) is 2.44. The third-order valence-electron chi connectivity index (χ3n) is 3.18. The molecule has 0 saturated carbocycles. The Balaban J connectivity index is 2.18. The highest BCUT2D eigenvalue weighted by Gasteiger charge is 2.26. The first-order valence-corrected chi connectivity index (χ1v) is 6.79. The quantitative estimate of drug-likeness (QED) is 0.661. The monoisotopic (exact) mass is 282 g/mol. The van der Waals surface area contributed by atoms with E-state index in [0.29, 0.717) is 16.3 Å². The molecule has 1 aliphatic heterocycles. The summed E-state index contributed by atoms with van der Waals surface area (Å²) in [5.74, 6) is 0.561. The molecule has 0 aromatic heterocycles. The fourth-order valence-corrected chi connectivity index (χ4v) is 2.60. The van der Waals surface area contributed by atoms with E-state index >= 15 is 0 Å². The summed E-state index contributed by atoms with van der Waals surface area (Å²) < 4.78 is 11.7. The highest BCUT2D eigenvalue weighted by atomic mass is 35.5. The van der Waals surface area contributed by atoms with Crippen molar-refractivity contribution in [2.24, 2.45) is 5.73 Å². The van der Waals surface area contributed by atoms with Gasteiger partial charge in [-0.3, -0.25) is 5.41 Å². The zero-order valence-corrected chi connectivity index (χ0v) is 11.9. The summed E-state index contributed by atoms with van der Waals surface area (Å²) in [5.41, 5.74) is 6.14. The third kappa shape index (κ3) is 3.61. The molecule has 1 aliphatic rings. The van der Waals surface area contributed by atoms with Gasteiger partial charge in [-0.1, -0.05) is 11.6 Å². The van der Waals surface area contributed by atoms with Crippen molar-refractivity contribution < 1.29 is 9.47 Å². The van der Waals surface area contributed by atoms with Crippen LogP contribution < -0.4 is 10.5 Å². The summed E-state index contributed by atoms with van der Waals surface area (Å²) in [4.78, 5) is 0. The zero-order valence-electron chi connectivity index (χ0n) is 11.2. The maximum atomic E-state index is 7.57. The van der Waals surface area contributed by atoms with Crippen molar-refractivity contribution >= 4 is 17.4 Å². The molecule has 2 unspecified atom stereocenters. The van der Waals surface area contributed by atoms with Gasteiger partial charge in [-0.05, 0) is 32.0 Å². The molecule has 1 fully saturated rings. The number of nitrogens with two attached hydrogens (primary N) is 1. The summed E-state index contributed by atoms with van der Waals surface area (Å²) in [6.45, 7) is 4.08. The normalized spacial score (nSPS) is 27.0. The Morgan fingerprint density at radius 1 is 1.37 bits per heavy atom. The van der Waals surface area contributed by atoms with Gasteiger partial charge in [-0.15, -0.1) is 0 Å². The predicted molar refractivity (Wildman–Crippen MR) is 76.1 cm³/mol. The highest BCUT2D eigenvalue weighted by Crippen LogP contribution is 2.28. The first kappa shape index (κ1) is 14.2. The summed E-state index contributed by atoms with van der Waals surface area (Å²) in [5, 5.41) is 8.15. The van der Waals surface area contributed by atoms with E-state index in [2.05, 4.69) is 0 Å². The largest absolute Gasteiger partial charge is 0.489 e. The number of benzene rings is 1. The van der Waals surface area contributed by atoms with Gasteiger partial charge in [-0.25, -0.2) is 0 Å². The molecule has 2 atom stereocenters. The van der Waals surface area contributed by atoms with Gasteiger partial charge >= 0.3 is 0 Å². The minimum atomic E-state index is -0.0141. The maximum Gasteiger partial charge on any atom is 0.132 e. The van der Waals surface area contributed by atoms with Crippen molar-refractivity contribution in [2.45, 2.75) is 45.0 Å². The Morgan fingerprint density at radius 2 is 2.00 bits per heavy atom. The van der Waals surface area contributed by atoms with E-state index < -0.39 is 0 Å². The first-order valence-electron chi connectivity index (χ1n) is 6.41. The average molecular weight is 283 g/mol. The second-order valence-corrected chi connectivity index (χ2v) is 5.46. The van der Waals surface area contributed by atoms with Crippen LogP contribution in [0.25, 0.3) is 0 Å². The number of nitrogen functional groups attached to an aromatic ring is 1. The molecule has 3 N–H and O–H groups in total. The van der Waals surface area contributed by atoms with Gasteiger partial charge < -0.3 is 15.2 Å². The van der Waals surface area contributed by atoms with Crippen LogP contribution in [-0.4, -0.2) is 24.1 Å². The summed E-state index contributed by atoms with van der Waals surface area (Å²) in [6.07, 6.45) is 2.07. The predicted octanol–water partition coefficient (Wildman–Crippen LogP) is 2.96. The molecule has 0 radical (unpaired) electrons. The Labute approximate surface area is 118 Å². The third-order valence-corrected chi connectivity index (χ3v) is 3.42. The van der Waals surface area contributed by atoms with Gasteiger partial charge in [-0.2, -0.15) is 0 Å². The topological polar surface area (TPSA) is 68.3 Å². The van der Waals surface area contributed by atoms with Crippen LogP contribution in [0.2, 0.25) is 5.02 Å². The van der Waals surface area contributed by atoms with E-state index in [4.69, 9.17) is 32.2 Å². The molecule has 1 aromatic rings. The molecule has 1 heterocycles. The Hall–Kier alpha value is -1.26. The van der Waals surface area contributed by atoms with E-state index in [1.54, 1.807) is 18.2 Å². The molecule has 1 aromatic carbocycles. The lowest BCUT2D eigenvalue weighted by Gasteiger charge is -2.32. The molecule has 0 aliphatic carbocycles. The maximum absolute atomic E-state index is 7.57. The van der Waals surface area contributed by atoms with Crippen LogP contribution in [0.5, 0.6) is 5.75 Å². The van der Waals surface area contributed by atoms with Crippen LogP contribution in [0.1, 0.15) is 32.3 Å². The van der Waals surface area contributed by atoms with Crippen molar-refractivity contribution in [1.82, 2.24) is 0 Å². The van der Waals surface area contributed by atoms with Crippen LogP contribution in [0, 0.1) is 5.41 Å². The van der Waals surface area contributed by atoms with E-state index in [-0.39, 0.29) is 24.1 Å². The van der Waals surface area contributed by atoms with Crippen molar-refractivity contribution in [2.75, 3.05) is 0 Å². The van der Waals surface area contributed by atoms with Crippen LogP contribution >= 0.6 is 11.6 Å². The van der Waals surface area contributed by atoms with Gasteiger partial charge in [0.2, 0.25) is 0 Å². The van der Waals surface area contributed by atoms with Crippen LogP contribution in [-0.2, 0) is 4.74 Å². The number of rotatable bonds is 3.